The van der Waals surface area contributed by atoms with Crippen molar-refractivity contribution >= 4 is 39.9 Å². The molecule has 1 N–H and O–H groups in total. The number of piperazine rings is 1. The molecule has 9 nitrogen and oxygen atoms in total. The van der Waals surface area contributed by atoms with Gasteiger partial charge in [0.05, 0.1) is 11.6 Å². The smallest absolute Gasteiger partial charge is 0.475 e. The quantitative estimate of drug-likeness (QED) is 0.509. The predicted octanol–water partition coefficient (Wildman–Crippen LogP) is 4.21. The van der Waals surface area contributed by atoms with Crippen LogP contribution in [0.4, 0.5) is 18.9 Å². The van der Waals surface area contributed by atoms with Gasteiger partial charge in [0.15, 0.2) is 5.58 Å². The molecule has 0 unspecified atom stereocenters. The van der Waals surface area contributed by atoms with Crippen LogP contribution in [-0.4, -0.2) is 89.9 Å². The van der Waals surface area contributed by atoms with E-state index in [4.69, 9.17) is 14.4 Å². The minimum absolute atomic E-state index is 0.00681. The van der Waals surface area contributed by atoms with Crippen molar-refractivity contribution in [1.29, 1.82) is 0 Å². The number of hydrogen-bond acceptors (Lipinski definition) is 8. The number of aromatic nitrogens is 2. The van der Waals surface area contributed by atoms with Gasteiger partial charge in [-0.15, -0.1) is 11.3 Å². The summed E-state index contributed by atoms with van der Waals surface area (Å²) in [5.41, 5.74) is 2.60. The van der Waals surface area contributed by atoms with Crippen molar-refractivity contribution in [2.24, 2.45) is 0 Å². The second kappa shape index (κ2) is 11.7. The summed E-state index contributed by atoms with van der Waals surface area (Å²) in [5, 5.41) is 13.0. The molecule has 1 amide bonds. The molecule has 1 fully saturated rings. The Balaban J connectivity index is 0.000000454. The number of halogens is 3. The molecule has 1 aromatic carbocycles. The second-order valence-corrected chi connectivity index (χ2v) is 9.45. The molecule has 196 valence electrons. The van der Waals surface area contributed by atoms with Gasteiger partial charge in [0.2, 0.25) is 0 Å². The Bertz CT molecular complexity index is 1190. The number of hydrogen-bond donors (Lipinski definition) is 1. The summed E-state index contributed by atoms with van der Waals surface area (Å²) in [6.07, 6.45) is -1.38. The third kappa shape index (κ3) is 6.72. The molecule has 13 heteroatoms. The zero-order valence-electron chi connectivity index (χ0n) is 20.2. The fourth-order valence-corrected chi connectivity index (χ4v) is 4.42. The number of likely N-dealkylation sites (N-methyl/N-ethyl adjacent to an activating group) is 1. The molecule has 0 atom stereocenters. The van der Waals surface area contributed by atoms with Crippen molar-refractivity contribution in [2.75, 3.05) is 51.7 Å². The van der Waals surface area contributed by atoms with Crippen LogP contribution < -0.4 is 4.90 Å². The molecule has 1 aliphatic rings. The SMILES string of the molecule is CCCCN(C)C(=O)c1cnc(-c2noc3cc(N4CCN(C)CC4)ccc23)s1.O=C(O)C(F)(F)F. The highest BCUT2D eigenvalue weighted by Gasteiger charge is 2.38. The maximum absolute atomic E-state index is 12.6. The second-order valence-electron chi connectivity index (χ2n) is 8.41. The number of alkyl halides is 3. The number of carboxylic acid groups (broad SMARTS) is 1. The topological polar surface area (TPSA) is 103 Å². The molecule has 3 heterocycles. The fraction of sp³-hybridized carbons (Fsp3) is 0.478. The predicted molar refractivity (Wildman–Crippen MR) is 130 cm³/mol. The Morgan fingerprint density at radius 3 is 2.50 bits per heavy atom. The molecular weight excluding hydrogens is 499 g/mol. The number of carboxylic acids is 1. The van der Waals surface area contributed by atoms with Gasteiger partial charge in [-0.05, 0) is 25.6 Å². The third-order valence-corrected chi connectivity index (χ3v) is 6.67. The highest BCUT2D eigenvalue weighted by atomic mass is 32.1. The van der Waals surface area contributed by atoms with Crippen LogP contribution in [0.2, 0.25) is 0 Å². The van der Waals surface area contributed by atoms with Gasteiger partial charge in [0, 0.05) is 51.5 Å². The lowest BCUT2D eigenvalue weighted by Crippen LogP contribution is -2.44. The summed E-state index contributed by atoms with van der Waals surface area (Å²) in [7, 11) is 3.99. The van der Waals surface area contributed by atoms with Crippen LogP contribution in [0.25, 0.3) is 21.7 Å². The number of aliphatic carboxylic acids is 1. The van der Waals surface area contributed by atoms with E-state index in [2.05, 4.69) is 46.0 Å². The molecule has 36 heavy (non-hydrogen) atoms. The fourth-order valence-electron chi connectivity index (χ4n) is 3.51. The number of carbonyl (C=O) groups is 2. The maximum atomic E-state index is 12.6. The van der Waals surface area contributed by atoms with E-state index in [-0.39, 0.29) is 5.91 Å². The summed E-state index contributed by atoms with van der Waals surface area (Å²) in [6.45, 7) is 7.00. The van der Waals surface area contributed by atoms with E-state index >= 15 is 0 Å². The van der Waals surface area contributed by atoms with E-state index in [9.17, 15) is 18.0 Å². The van der Waals surface area contributed by atoms with E-state index < -0.39 is 12.1 Å². The van der Waals surface area contributed by atoms with Gasteiger partial charge in [-0.3, -0.25) is 4.79 Å². The number of benzene rings is 1. The van der Waals surface area contributed by atoms with Crippen molar-refractivity contribution in [1.82, 2.24) is 19.9 Å². The molecule has 4 rings (SSSR count). The van der Waals surface area contributed by atoms with Crippen LogP contribution in [0.1, 0.15) is 29.4 Å². The Morgan fingerprint density at radius 2 is 1.89 bits per heavy atom. The van der Waals surface area contributed by atoms with Crippen molar-refractivity contribution < 1.29 is 32.4 Å². The molecule has 0 aliphatic carbocycles. The lowest BCUT2D eigenvalue weighted by atomic mass is 10.1. The molecule has 1 saturated heterocycles. The van der Waals surface area contributed by atoms with Gasteiger partial charge < -0.3 is 24.3 Å². The van der Waals surface area contributed by atoms with Gasteiger partial charge in [-0.2, -0.15) is 13.2 Å². The highest BCUT2D eigenvalue weighted by molar-refractivity contribution is 7.17. The first-order valence-electron chi connectivity index (χ1n) is 11.4. The van der Waals surface area contributed by atoms with Crippen molar-refractivity contribution in [3.8, 4) is 10.7 Å². The molecule has 0 radical (unpaired) electrons. The Kier molecular flexibility index (Phi) is 8.90. The Morgan fingerprint density at radius 1 is 1.22 bits per heavy atom. The van der Waals surface area contributed by atoms with Crippen LogP contribution in [0.3, 0.4) is 0 Å². The van der Waals surface area contributed by atoms with Crippen molar-refractivity contribution in [3.63, 3.8) is 0 Å². The van der Waals surface area contributed by atoms with Gasteiger partial charge in [-0.1, -0.05) is 18.5 Å². The number of fused-ring (bicyclic) bond motifs is 1. The zero-order valence-corrected chi connectivity index (χ0v) is 21.0. The number of rotatable bonds is 6. The number of anilines is 1. The lowest BCUT2D eigenvalue weighted by molar-refractivity contribution is -0.192. The standard InChI is InChI=1S/C21H27N5O2S.C2HF3O2/c1-4-5-8-25(3)21(27)18-14-22-20(29-18)19-16-7-6-15(13-17(16)28-23-19)26-11-9-24(2)10-12-26;3-2(4,5)1(6)7/h6-7,13-14H,4-5,8-12H2,1-3H3;(H,6,7). The van der Waals surface area contributed by atoms with E-state index in [0.29, 0.717) is 15.6 Å². The Labute approximate surface area is 210 Å². The largest absolute Gasteiger partial charge is 0.490 e. The molecule has 2 aromatic heterocycles. The van der Waals surface area contributed by atoms with Gasteiger partial charge in [-0.25, -0.2) is 9.78 Å². The van der Waals surface area contributed by atoms with Gasteiger partial charge in [0.1, 0.15) is 15.6 Å². The summed E-state index contributed by atoms with van der Waals surface area (Å²) in [6, 6.07) is 6.22. The minimum Gasteiger partial charge on any atom is -0.475 e. The number of amides is 1. The molecule has 0 saturated carbocycles. The normalized spacial score (nSPS) is 14.4. The van der Waals surface area contributed by atoms with Gasteiger partial charge >= 0.3 is 12.1 Å². The average Bonchev–Trinajstić information content (AvgIpc) is 3.49. The van der Waals surface area contributed by atoms with Crippen LogP contribution >= 0.6 is 11.3 Å². The van der Waals surface area contributed by atoms with Crippen LogP contribution in [-0.2, 0) is 4.79 Å². The first-order chi connectivity index (χ1) is 17.0. The summed E-state index contributed by atoms with van der Waals surface area (Å²) in [4.78, 5) is 33.0. The zero-order chi connectivity index (χ0) is 26.5. The summed E-state index contributed by atoms with van der Waals surface area (Å²) >= 11 is 1.37. The summed E-state index contributed by atoms with van der Waals surface area (Å²) in [5.74, 6) is -2.75. The van der Waals surface area contributed by atoms with Crippen molar-refractivity contribution in [2.45, 2.75) is 25.9 Å². The molecular formula is C23H28F3N5O4S. The average molecular weight is 528 g/mol. The third-order valence-electron chi connectivity index (χ3n) is 5.68. The van der Waals surface area contributed by atoms with E-state index in [1.807, 2.05) is 13.1 Å². The summed E-state index contributed by atoms with van der Waals surface area (Å²) < 4.78 is 37.3. The number of unbranched alkanes of at least 4 members (excludes halogenated alkanes) is 1. The van der Waals surface area contributed by atoms with E-state index in [0.717, 1.165) is 62.2 Å². The van der Waals surface area contributed by atoms with Crippen molar-refractivity contribution in [3.05, 3.63) is 29.3 Å². The van der Waals surface area contributed by atoms with E-state index in [1.165, 1.54) is 11.3 Å². The number of nitrogens with zero attached hydrogens (tertiary/aromatic N) is 5. The lowest BCUT2D eigenvalue weighted by Gasteiger charge is -2.33. The molecule has 3 aromatic rings. The van der Waals surface area contributed by atoms with Gasteiger partial charge in [0.25, 0.3) is 5.91 Å². The molecule has 1 aliphatic heterocycles. The monoisotopic (exact) mass is 527 g/mol. The van der Waals surface area contributed by atoms with Crippen LogP contribution in [0.5, 0.6) is 0 Å². The van der Waals surface area contributed by atoms with E-state index in [1.54, 1.807) is 11.1 Å². The van der Waals surface area contributed by atoms with Crippen LogP contribution in [0.15, 0.2) is 28.9 Å². The minimum atomic E-state index is -5.08. The Hall–Kier alpha value is -3.19. The maximum Gasteiger partial charge on any atom is 0.490 e. The number of thiazole rings is 1. The first kappa shape index (κ1) is 27.4. The first-order valence-corrected chi connectivity index (χ1v) is 12.2. The molecule has 0 bridgehead atoms. The number of carbonyl (C=O) groups excluding carboxylic acids is 1. The van der Waals surface area contributed by atoms with Crippen LogP contribution in [0, 0.1) is 0 Å². The highest BCUT2D eigenvalue weighted by Crippen LogP contribution is 2.33. The molecule has 0 spiro atoms.